The molecule has 3 rings (SSSR count). The molecule has 0 amide bonds. The Balaban J connectivity index is 1.74. The molecule has 1 saturated heterocycles. The van der Waals surface area contributed by atoms with Crippen molar-refractivity contribution in [3.63, 3.8) is 0 Å². The Kier molecular flexibility index (Phi) is 4.56. The Labute approximate surface area is 130 Å². The summed E-state index contributed by atoms with van der Waals surface area (Å²) in [6.45, 7) is 4.99. The standard InChI is InChI=1S/C17H23N3S/c1-2-6-15-16(11-18)21-17(19-15)20-10-9-14(12-20)13-7-4-3-5-8-13/h3-5,7-8,14H,2,6,9-12,18H2,1H3. The lowest BCUT2D eigenvalue weighted by atomic mass is 9.99. The third-order valence-electron chi connectivity index (χ3n) is 4.17. The lowest BCUT2D eigenvalue weighted by Gasteiger charge is -2.15. The molecule has 112 valence electrons. The van der Waals surface area contributed by atoms with Gasteiger partial charge in [0.1, 0.15) is 0 Å². The van der Waals surface area contributed by atoms with E-state index in [-0.39, 0.29) is 0 Å². The first-order chi connectivity index (χ1) is 10.3. The molecular weight excluding hydrogens is 278 g/mol. The van der Waals surface area contributed by atoms with E-state index in [2.05, 4.69) is 42.2 Å². The number of rotatable bonds is 5. The molecular formula is C17H23N3S. The quantitative estimate of drug-likeness (QED) is 0.918. The first-order valence-electron chi connectivity index (χ1n) is 7.80. The second kappa shape index (κ2) is 6.58. The van der Waals surface area contributed by atoms with Crippen LogP contribution in [0, 0.1) is 0 Å². The van der Waals surface area contributed by atoms with Crippen molar-refractivity contribution < 1.29 is 0 Å². The third kappa shape index (κ3) is 3.11. The maximum absolute atomic E-state index is 5.86. The minimum absolute atomic E-state index is 0.614. The van der Waals surface area contributed by atoms with Crippen LogP contribution in [-0.2, 0) is 13.0 Å². The highest BCUT2D eigenvalue weighted by Crippen LogP contribution is 2.34. The van der Waals surface area contributed by atoms with Crippen LogP contribution in [0.4, 0.5) is 5.13 Å². The Bertz CT molecular complexity index is 579. The van der Waals surface area contributed by atoms with Gasteiger partial charge in [0.15, 0.2) is 5.13 Å². The van der Waals surface area contributed by atoms with Crippen LogP contribution in [0.2, 0.25) is 0 Å². The summed E-state index contributed by atoms with van der Waals surface area (Å²) in [5.41, 5.74) is 8.52. The average molecular weight is 301 g/mol. The molecule has 21 heavy (non-hydrogen) atoms. The van der Waals surface area contributed by atoms with Crippen molar-refractivity contribution in [2.24, 2.45) is 5.73 Å². The summed E-state index contributed by atoms with van der Waals surface area (Å²) in [6.07, 6.45) is 3.38. The van der Waals surface area contributed by atoms with Gasteiger partial charge in [-0.3, -0.25) is 0 Å². The van der Waals surface area contributed by atoms with E-state index in [1.54, 1.807) is 11.3 Å². The Morgan fingerprint density at radius 2 is 2.14 bits per heavy atom. The van der Waals surface area contributed by atoms with E-state index in [0.717, 1.165) is 31.1 Å². The van der Waals surface area contributed by atoms with Gasteiger partial charge >= 0.3 is 0 Å². The Morgan fingerprint density at radius 1 is 1.33 bits per heavy atom. The van der Waals surface area contributed by atoms with Crippen LogP contribution in [0.25, 0.3) is 0 Å². The monoisotopic (exact) mass is 301 g/mol. The summed E-state index contributed by atoms with van der Waals surface area (Å²) < 4.78 is 0. The van der Waals surface area contributed by atoms with Gasteiger partial charge in [0.2, 0.25) is 0 Å². The zero-order valence-corrected chi connectivity index (χ0v) is 13.4. The number of aromatic nitrogens is 1. The van der Waals surface area contributed by atoms with E-state index < -0.39 is 0 Å². The molecule has 1 aromatic heterocycles. The van der Waals surface area contributed by atoms with Crippen molar-refractivity contribution in [2.45, 2.75) is 38.6 Å². The predicted octanol–water partition coefficient (Wildman–Crippen LogP) is 3.55. The molecule has 1 aliphatic rings. The molecule has 0 radical (unpaired) electrons. The van der Waals surface area contributed by atoms with Crippen molar-refractivity contribution in [1.82, 2.24) is 4.98 Å². The molecule has 3 nitrogen and oxygen atoms in total. The number of anilines is 1. The molecule has 0 aliphatic carbocycles. The summed E-state index contributed by atoms with van der Waals surface area (Å²) in [6, 6.07) is 10.8. The molecule has 0 spiro atoms. The van der Waals surface area contributed by atoms with Crippen LogP contribution in [0.15, 0.2) is 30.3 Å². The first-order valence-corrected chi connectivity index (χ1v) is 8.62. The first kappa shape index (κ1) is 14.5. The van der Waals surface area contributed by atoms with Crippen molar-refractivity contribution in [1.29, 1.82) is 0 Å². The van der Waals surface area contributed by atoms with Gasteiger partial charge in [-0.1, -0.05) is 43.7 Å². The summed E-state index contributed by atoms with van der Waals surface area (Å²) >= 11 is 1.78. The number of thiazole rings is 1. The van der Waals surface area contributed by atoms with E-state index >= 15 is 0 Å². The average Bonchev–Trinajstić information content (AvgIpc) is 3.15. The smallest absolute Gasteiger partial charge is 0.185 e. The minimum Gasteiger partial charge on any atom is -0.347 e. The molecule has 2 heterocycles. The van der Waals surface area contributed by atoms with Gasteiger partial charge in [-0.2, -0.15) is 0 Å². The maximum atomic E-state index is 5.86. The molecule has 2 aromatic rings. The molecule has 0 bridgehead atoms. The number of nitrogens with two attached hydrogens (primary N) is 1. The summed E-state index contributed by atoms with van der Waals surface area (Å²) in [7, 11) is 0. The van der Waals surface area contributed by atoms with Crippen molar-refractivity contribution >= 4 is 16.5 Å². The van der Waals surface area contributed by atoms with Crippen LogP contribution >= 0.6 is 11.3 Å². The van der Waals surface area contributed by atoms with E-state index in [1.807, 2.05) is 0 Å². The largest absolute Gasteiger partial charge is 0.347 e. The Hall–Kier alpha value is -1.39. The van der Waals surface area contributed by atoms with E-state index in [4.69, 9.17) is 10.7 Å². The van der Waals surface area contributed by atoms with Crippen molar-refractivity contribution in [3.8, 4) is 0 Å². The topological polar surface area (TPSA) is 42.2 Å². The fourth-order valence-electron chi connectivity index (χ4n) is 3.03. The summed E-state index contributed by atoms with van der Waals surface area (Å²) in [5, 5.41) is 1.16. The van der Waals surface area contributed by atoms with Crippen LogP contribution in [-0.4, -0.2) is 18.1 Å². The molecule has 1 unspecified atom stereocenters. The zero-order chi connectivity index (χ0) is 14.7. The number of nitrogens with zero attached hydrogens (tertiary/aromatic N) is 2. The van der Waals surface area contributed by atoms with Gasteiger partial charge in [0.25, 0.3) is 0 Å². The van der Waals surface area contributed by atoms with Crippen LogP contribution in [0.1, 0.15) is 41.8 Å². The van der Waals surface area contributed by atoms with Crippen LogP contribution in [0.3, 0.4) is 0 Å². The molecule has 4 heteroatoms. The van der Waals surface area contributed by atoms with Crippen molar-refractivity contribution in [2.75, 3.05) is 18.0 Å². The number of hydrogen-bond acceptors (Lipinski definition) is 4. The van der Waals surface area contributed by atoms with E-state index in [0.29, 0.717) is 12.5 Å². The zero-order valence-electron chi connectivity index (χ0n) is 12.6. The van der Waals surface area contributed by atoms with Crippen LogP contribution in [0.5, 0.6) is 0 Å². The van der Waals surface area contributed by atoms with E-state index in [1.165, 1.54) is 22.6 Å². The normalized spacial score (nSPS) is 18.4. The number of benzene rings is 1. The summed E-state index contributed by atoms with van der Waals surface area (Å²) in [4.78, 5) is 8.54. The highest BCUT2D eigenvalue weighted by Gasteiger charge is 2.26. The van der Waals surface area contributed by atoms with Gasteiger partial charge in [0.05, 0.1) is 5.69 Å². The molecule has 2 N–H and O–H groups in total. The van der Waals surface area contributed by atoms with Gasteiger partial charge in [0, 0.05) is 30.4 Å². The molecule has 1 aliphatic heterocycles. The second-order valence-electron chi connectivity index (χ2n) is 5.66. The number of hydrogen-bond donors (Lipinski definition) is 1. The third-order valence-corrected chi connectivity index (χ3v) is 5.35. The highest BCUT2D eigenvalue weighted by atomic mass is 32.1. The molecule has 1 atom stereocenters. The van der Waals surface area contributed by atoms with Gasteiger partial charge in [-0.15, -0.1) is 11.3 Å². The van der Waals surface area contributed by atoms with Crippen molar-refractivity contribution in [3.05, 3.63) is 46.5 Å². The number of aryl methyl sites for hydroxylation is 1. The highest BCUT2D eigenvalue weighted by molar-refractivity contribution is 7.15. The van der Waals surface area contributed by atoms with Crippen LogP contribution < -0.4 is 10.6 Å². The second-order valence-corrected chi connectivity index (χ2v) is 6.72. The molecule has 1 aromatic carbocycles. The summed E-state index contributed by atoms with van der Waals surface area (Å²) in [5.74, 6) is 0.631. The fraction of sp³-hybridized carbons (Fsp3) is 0.471. The van der Waals surface area contributed by atoms with Gasteiger partial charge in [-0.05, 0) is 18.4 Å². The Morgan fingerprint density at radius 3 is 2.86 bits per heavy atom. The fourth-order valence-corrected chi connectivity index (χ4v) is 4.05. The van der Waals surface area contributed by atoms with E-state index in [9.17, 15) is 0 Å². The predicted molar refractivity (Wildman–Crippen MR) is 90.0 cm³/mol. The lowest BCUT2D eigenvalue weighted by Crippen LogP contribution is -2.18. The minimum atomic E-state index is 0.614. The lowest BCUT2D eigenvalue weighted by molar-refractivity contribution is 0.774. The van der Waals surface area contributed by atoms with Gasteiger partial charge in [-0.25, -0.2) is 4.98 Å². The molecule has 1 fully saturated rings. The molecule has 0 saturated carbocycles. The maximum Gasteiger partial charge on any atom is 0.185 e. The SMILES string of the molecule is CCCc1nc(N2CCC(c3ccccc3)C2)sc1CN. The van der Waals surface area contributed by atoms with Gasteiger partial charge < -0.3 is 10.6 Å².